The number of fused-ring (bicyclic) bond motifs is 1. The van der Waals surface area contributed by atoms with Crippen LogP contribution in [0.4, 0.5) is 11.4 Å². The topological polar surface area (TPSA) is 68.0 Å². The summed E-state index contributed by atoms with van der Waals surface area (Å²) in [7, 11) is 0. The molecule has 0 saturated heterocycles. The Morgan fingerprint density at radius 3 is 2.62 bits per heavy atom. The van der Waals surface area contributed by atoms with Crippen molar-refractivity contribution < 1.29 is 4.79 Å². The normalized spacial score (nSPS) is 10.3. The highest BCUT2D eigenvalue weighted by atomic mass is 35.5. The lowest BCUT2D eigenvalue weighted by Gasteiger charge is -2.08. The average Bonchev–Trinajstić information content (AvgIpc) is 2.63. The van der Waals surface area contributed by atoms with Gasteiger partial charge >= 0.3 is 0 Å². The summed E-state index contributed by atoms with van der Waals surface area (Å²) in [6, 6.07) is 17.8. The summed E-state index contributed by atoms with van der Waals surface area (Å²) in [6.45, 7) is 0. The van der Waals surface area contributed by atoms with Crippen molar-refractivity contribution in [2.75, 3.05) is 11.1 Å². The Balaban J connectivity index is 0.00000243. The van der Waals surface area contributed by atoms with Gasteiger partial charge in [-0.25, -0.2) is 0 Å². The van der Waals surface area contributed by atoms with Crippen LogP contribution in [-0.2, 0) is 11.2 Å². The number of unbranched alkanes of at least 4 members (excludes halogenated alkanes) is 2. The van der Waals surface area contributed by atoms with Gasteiger partial charge in [0.25, 0.3) is 0 Å². The molecule has 26 heavy (non-hydrogen) atoms. The largest absolute Gasteiger partial charge is 0.398 e. The van der Waals surface area contributed by atoms with Crippen molar-refractivity contribution in [2.45, 2.75) is 32.1 Å². The summed E-state index contributed by atoms with van der Waals surface area (Å²) >= 11 is 0. The summed E-state index contributed by atoms with van der Waals surface area (Å²) in [6.07, 6.45) is 6.35. The molecule has 1 amide bonds. The van der Waals surface area contributed by atoms with Crippen LogP contribution in [0.1, 0.15) is 31.2 Å². The van der Waals surface area contributed by atoms with Crippen LogP contribution in [0, 0.1) is 0 Å². The number of nitrogens with two attached hydrogens (primary N) is 1. The maximum absolute atomic E-state index is 12.1. The Bertz CT molecular complexity index is 852. The maximum atomic E-state index is 12.1. The van der Waals surface area contributed by atoms with Crippen LogP contribution >= 0.6 is 12.4 Å². The molecule has 3 rings (SSSR count). The van der Waals surface area contributed by atoms with Crippen molar-refractivity contribution in [1.82, 2.24) is 4.98 Å². The Labute approximate surface area is 160 Å². The molecule has 0 aliphatic rings. The molecule has 1 heterocycles. The molecular formula is C21H24ClN3O. The number of nitrogens with zero attached hydrogens (tertiary/aromatic N) is 1. The highest BCUT2D eigenvalue weighted by molar-refractivity contribution is 5.96. The number of nitrogens with one attached hydrogen (secondary N) is 1. The first-order chi connectivity index (χ1) is 12.2. The minimum absolute atomic E-state index is 0. The van der Waals surface area contributed by atoms with E-state index < -0.39 is 0 Å². The molecular weight excluding hydrogens is 346 g/mol. The first kappa shape index (κ1) is 19.7. The van der Waals surface area contributed by atoms with Crippen molar-refractivity contribution in [3.8, 4) is 0 Å². The van der Waals surface area contributed by atoms with Crippen LogP contribution in [0.2, 0.25) is 0 Å². The highest BCUT2D eigenvalue weighted by Gasteiger charge is 2.05. The van der Waals surface area contributed by atoms with Gasteiger partial charge in [0.05, 0.1) is 5.52 Å². The third kappa shape index (κ3) is 5.46. The van der Waals surface area contributed by atoms with Crippen molar-refractivity contribution >= 4 is 40.6 Å². The molecule has 3 N–H and O–H groups in total. The van der Waals surface area contributed by atoms with Gasteiger partial charge < -0.3 is 11.1 Å². The maximum Gasteiger partial charge on any atom is 0.224 e. The van der Waals surface area contributed by atoms with E-state index in [2.05, 4.69) is 34.6 Å². The number of pyridine rings is 1. The van der Waals surface area contributed by atoms with Gasteiger partial charge in [-0.2, -0.15) is 0 Å². The molecule has 1 aromatic heterocycles. The molecule has 0 radical (unpaired) electrons. The number of aromatic nitrogens is 1. The van der Waals surface area contributed by atoms with E-state index in [4.69, 9.17) is 5.73 Å². The zero-order chi connectivity index (χ0) is 17.5. The predicted octanol–water partition coefficient (Wildman–Crippen LogP) is 4.98. The molecule has 0 aliphatic carbocycles. The van der Waals surface area contributed by atoms with Gasteiger partial charge in [-0.1, -0.05) is 36.8 Å². The van der Waals surface area contributed by atoms with Crippen LogP contribution in [0.3, 0.4) is 0 Å². The van der Waals surface area contributed by atoms with Gasteiger partial charge in [0.15, 0.2) is 0 Å². The lowest BCUT2D eigenvalue weighted by atomic mass is 10.1. The number of hydrogen-bond donors (Lipinski definition) is 2. The van der Waals surface area contributed by atoms with E-state index in [1.54, 1.807) is 12.3 Å². The quantitative estimate of drug-likeness (QED) is 0.577. The second-order valence-corrected chi connectivity index (χ2v) is 6.23. The number of rotatable bonds is 7. The molecule has 0 bridgehead atoms. The number of carbonyl (C=O) groups is 1. The van der Waals surface area contributed by atoms with Gasteiger partial charge in [0.2, 0.25) is 5.91 Å². The summed E-state index contributed by atoms with van der Waals surface area (Å²) in [5, 5.41) is 3.81. The SMILES string of the molecule is Cl.Nc1ccnc2ccc(NC(=O)CCCCCc3ccccc3)cc12. The lowest BCUT2D eigenvalue weighted by Crippen LogP contribution is -2.11. The van der Waals surface area contributed by atoms with E-state index >= 15 is 0 Å². The third-order valence-electron chi connectivity index (χ3n) is 4.27. The van der Waals surface area contributed by atoms with Crippen molar-refractivity contribution in [2.24, 2.45) is 0 Å². The number of nitrogen functional groups attached to an aromatic ring is 1. The Morgan fingerprint density at radius 2 is 1.81 bits per heavy atom. The smallest absolute Gasteiger partial charge is 0.224 e. The van der Waals surface area contributed by atoms with Crippen LogP contribution < -0.4 is 11.1 Å². The Kier molecular flexibility index (Phi) is 7.42. The van der Waals surface area contributed by atoms with E-state index in [0.717, 1.165) is 42.3 Å². The molecule has 0 aliphatic heterocycles. The molecule has 136 valence electrons. The molecule has 0 unspecified atom stereocenters. The van der Waals surface area contributed by atoms with Gasteiger partial charge in [-0.15, -0.1) is 12.4 Å². The molecule has 4 nitrogen and oxygen atoms in total. The summed E-state index contributed by atoms with van der Waals surface area (Å²) in [4.78, 5) is 16.4. The van der Waals surface area contributed by atoms with Gasteiger partial charge in [-0.05, 0) is 49.1 Å². The van der Waals surface area contributed by atoms with Gasteiger partial charge in [0, 0.05) is 29.4 Å². The van der Waals surface area contributed by atoms with E-state index in [1.807, 2.05) is 24.3 Å². The van der Waals surface area contributed by atoms with Crippen molar-refractivity contribution in [3.63, 3.8) is 0 Å². The fourth-order valence-corrected chi connectivity index (χ4v) is 2.90. The van der Waals surface area contributed by atoms with Crippen molar-refractivity contribution in [1.29, 1.82) is 0 Å². The van der Waals surface area contributed by atoms with E-state index in [0.29, 0.717) is 12.1 Å². The highest BCUT2D eigenvalue weighted by Crippen LogP contribution is 2.22. The van der Waals surface area contributed by atoms with E-state index in [-0.39, 0.29) is 18.3 Å². The first-order valence-electron chi connectivity index (χ1n) is 8.70. The van der Waals surface area contributed by atoms with Crippen LogP contribution in [0.15, 0.2) is 60.8 Å². The fraction of sp³-hybridized carbons (Fsp3) is 0.238. The molecule has 0 spiro atoms. The molecule has 2 aromatic carbocycles. The van der Waals surface area contributed by atoms with Crippen LogP contribution in [0.5, 0.6) is 0 Å². The fourth-order valence-electron chi connectivity index (χ4n) is 2.90. The molecule has 0 fully saturated rings. The summed E-state index contributed by atoms with van der Waals surface area (Å²) in [5.74, 6) is 0.0431. The number of benzene rings is 2. The van der Waals surface area contributed by atoms with Gasteiger partial charge in [-0.3, -0.25) is 9.78 Å². The third-order valence-corrected chi connectivity index (χ3v) is 4.27. The molecule has 0 saturated carbocycles. The number of carbonyl (C=O) groups excluding carboxylic acids is 1. The summed E-state index contributed by atoms with van der Waals surface area (Å²) in [5.41, 5.74) is 9.59. The number of aryl methyl sites for hydroxylation is 1. The minimum Gasteiger partial charge on any atom is -0.398 e. The zero-order valence-corrected chi connectivity index (χ0v) is 15.5. The molecule has 5 heteroatoms. The van der Waals surface area contributed by atoms with Crippen LogP contribution in [0.25, 0.3) is 10.9 Å². The first-order valence-corrected chi connectivity index (χ1v) is 8.70. The average molecular weight is 370 g/mol. The van der Waals surface area contributed by atoms with E-state index in [9.17, 15) is 4.79 Å². The standard InChI is InChI=1S/C21H23N3O.ClH/c22-19-13-14-23-20-12-11-17(15-18(19)20)24-21(25)10-6-2-5-9-16-7-3-1-4-8-16;/h1,3-4,7-8,11-15H,2,5-6,9-10H2,(H2,22,23)(H,24,25);1H. The number of amides is 1. The predicted molar refractivity (Wildman–Crippen MR) is 111 cm³/mol. The minimum atomic E-state index is 0. The van der Waals surface area contributed by atoms with Crippen LogP contribution in [-0.4, -0.2) is 10.9 Å². The Hall–Kier alpha value is -2.59. The molecule has 0 atom stereocenters. The van der Waals surface area contributed by atoms with Crippen molar-refractivity contribution in [3.05, 3.63) is 66.4 Å². The number of hydrogen-bond acceptors (Lipinski definition) is 3. The Morgan fingerprint density at radius 1 is 1.00 bits per heavy atom. The number of halogens is 1. The second kappa shape index (κ2) is 9.78. The van der Waals surface area contributed by atoms with Gasteiger partial charge in [0.1, 0.15) is 0 Å². The zero-order valence-electron chi connectivity index (χ0n) is 14.7. The van der Waals surface area contributed by atoms with E-state index in [1.165, 1.54) is 5.56 Å². The second-order valence-electron chi connectivity index (χ2n) is 6.23. The number of anilines is 2. The summed E-state index contributed by atoms with van der Waals surface area (Å²) < 4.78 is 0. The lowest BCUT2D eigenvalue weighted by molar-refractivity contribution is -0.116. The monoisotopic (exact) mass is 369 g/mol. The molecule has 3 aromatic rings.